The minimum absolute atomic E-state index is 0.671. The molecule has 0 aromatic rings. The predicted octanol–water partition coefficient (Wildman–Crippen LogP) is 2.66. The van der Waals surface area contributed by atoms with Gasteiger partial charge in [-0.2, -0.15) is 0 Å². The molecule has 1 unspecified atom stereocenters. The molecule has 0 aromatic carbocycles. The molecule has 1 atom stereocenters. The van der Waals surface area contributed by atoms with Crippen LogP contribution in [0, 0.1) is 5.92 Å². The number of hydrogen-bond acceptors (Lipinski definition) is 2. The summed E-state index contributed by atoms with van der Waals surface area (Å²) in [4.78, 5) is 2.51. The molecule has 2 nitrogen and oxygen atoms in total. The molecular formula is C14H28N2. The van der Waals surface area contributed by atoms with Gasteiger partial charge in [0.25, 0.3) is 0 Å². The summed E-state index contributed by atoms with van der Waals surface area (Å²) in [5.74, 6) is 0.874. The van der Waals surface area contributed by atoms with Crippen LogP contribution in [0.5, 0.6) is 0 Å². The van der Waals surface area contributed by atoms with Crippen molar-refractivity contribution in [1.82, 2.24) is 10.2 Å². The standard InChI is InChI=1S/C14H28N2/c1-4-16(13(2)3)11-10-15-12-14-8-6-5-7-9-14/h5-6,13-15H,4,7-12H2,1-3H3. The summed E-state index contributed by atoms with van der Waals surface area (Å²) in [7, 11) is 0. The molecule has 0 radical (unpaired) electrons. The van der Waals surface area contributed by atoms with Gasteiger partial charge < -0.3 is 5.32 Å². The van der Waals surface area contributed by atoms with Crippen LogP contribution in [0.25, 0.3) is 0 Å². The summed E-state index contributed by atoms with van der Waals surface area (Å²) in [6, 6.07) is 0.671. The van der Waals surface area contributed by atoms with E-state index in [1.165, 1.54) is 32.4 Å². The van der Waals surface area contributed by atoms with Gasteiger partial charge in [0.1, 0.15) is 0 Å². The summed E-state index contributed by atoms with van der Waals surface area (Å²) in [5, 5.41) is 3.60. The highest BCUT2D eigenvalue weighted by Crippen LogP contribution is 2.16. The minimum Gasteiger partial charge on any atom is -0.315 e. The minimum atomic E-state index is 0.671. The maximum Gasteiger partial charge on any atom is 0.0109 e. The molecule has 0 saturated carbocycles. The van der Waals surface area contributed by atoms with Crippen LogP contribution < -0.4 is 5.32 Å². The Labute approximate surface area is 101 Å². The Hall–Kier alpha value is -0.340. The maximum atomic E-state index is 3.60. The lowest BCUT2D eigenvalue weighted by Gasteiger charge is -2.25. The molecular weight excluding hydrogens is 196 g/mol. The van der Waals surface area contributed by atoms with E-state index in [4.69, 9.17) is 0 Å². The number of nitrogens with one attached hydrogen (secondary N) is 1. The summed E-state index contributed by atoms with van der Waals surface area (Å²) in [6.07, 6.45) is 8.57. The fraction of sp³-hybridized carbons (Fsp3) is 0.857. The Balaban J connectivity index is 2.04. The lowest BCUT2D eigenvalue weighted by Crippen LogP contribution is -2.38. The van der Waals surface area contributed by atoms with Gasteiger partial charge >= 0.3 is 0 Å². The monoisotopic (exact) mass is 224 g/mol. The van der Waals surface area contributed by atoms with Crippen LogP contribution in [0.1, 0.15) is 40.0 Å². The summed E-state index contributed by atoms with van der Waals surface area (Å²) in [5.41, 5.74) is 0. The van der Waals surface area contributed by atoms with Crippen LogP contribution in [0.4, 0.5) is 0 Å². The van der Waals surface area contributed by atoms with E-state index in [1.807, 2.05) is 0 Å². The van der Waals surface area contributed by atoms with Crippen LogP contribution in [0.3, 0.4) is 0 Å². The zero-order valence-corrected chi connectivity index (χ0v) is 11.2. The van der Waals surface area contributed by atoms with Crippen molar-refractivity contribution in [3.05, 3.63) is 12.2 Å². The fourth-order valence-corrected chi connectivity index (χ4v) is 2.35. The Morgan fingerprint density at radius 2 is 2.19 bits per heavy atom. The maximum absolute atomic E-state index is 3.60. The molecule has 1 rings (SSSR count). The van der Waals surface area contributed by atoms with E-state index in [0.717, 1.165) is 19.0 Å². The second-order valence-corrected chi connectivity index (χ2v) is 5.08. The molecule has 0 bridgehead atoms. The first kappa shape index (κ1) is 13.7. The second-order valence-electron chi connectivity index (χ2n) is 5.08. The molecule has 0 aromatic heterocycles. The first-order chi connectivity index (χ1) is 7.74. The van der Waals surface area contributed by atoms with Gasteiger partial charge in [0.2, 0.25) is 0 Å². The predicted molar refractivity (Wildman–Crippen MR) is 71.7 cm³/mol. The largest absolute Gasteiger partial charge is 0.315 e. The quantitative estimate of drug-likeness (QED) is 0.528. The second kappa shape index (κ2) is 7.86. The molecule has 1 aliphatic rings. The number of likely N-dealkylation sites (N-methyl/N-ethyl adjacent to an activating group) is 1. The number of hydrogen-bond donors (Lipinski definition) is 1. The molecule has 94 valence electrons. The van der Waals surface area contributed by atoms with E-state index in [9.17, 15) is 0 Å². The zero-order valence-electron chi connectivity index (χ0n) is 11.2. The molecule has 1 aliphatic carbocycles. The highest BCUT2D eigenvalue weighted by atomic mass is 15.2. The zero-order chi connectivity index (χ0) is 11.8. The van der Waals surface area contributed by atoms with Gasteiger partial charge in [0.15, 0.2) is 0 Å². The molecule has 0 fully saturated rings. The van der Waals surface area contributed by atoms with Gasteiger partial charge in [0, 0.05) is 19.1 Å². The molecule has 1 N–H and O–H groups in total. The average Bonchev–Trinajstić information content (AvgIpc) is 2.30. The molecule has 0 amide bonds. The van der Waals surface area contributed by atoms with E-state index in [1.54, 1.807) is 0 Å². The van der Waals surface area contributed by atoms with Gasteiger partial charge in [0.05, 0.1) is 0 Å². The normalized spacial score (nSPS) is 20.9. The number of rotatable bonds is 7. The first-order valence-corrected chi connectivity index (χ1v) is 6.83. The SMILES string of the molecule is CCN(CCNCC1CC=CCC1)C(C)C. The van der Waals surface area contributed by atoms with Crippen molar-refractivity contribution in [3.63, 3.8) is 0 Å². The van der Waals surface area contributed by atoms with Gasteiger partial charge in [-0.05, 0) is 52.1 Å². The van der Waals surface area contributed by atoms with Gasteiger partial charge in [-0.3, -0.25) is 4.90 Å². The van der Waals surface area contributed by atoms with Crippen molar-refractivity contribution < 1.29 is 0 Å². The number of nitrogens with zero attached hydrogens (tertiary/aromatic N) is 1. The molecule has 2 heteroatoms. The van der Waals surface area contributed by atoms with E-state index in [0.29, 0.717) is 6.04 Å². The van der Waals surface area contributed by atoms with Crippen molar-refractivity contribution in [2.24, 2.45) is 5.92 Å². The number of allylic oxidation sites excluding steroid dienone is 2. The summed E-state index contributed by atoms with van der Waals surface area (Å²) >= 11 is 0. The molecule has 16 heavy (non-hydrogen) atoms. The molecule has 0 heterocycles. The Morgan fingerprint density at radius 3 is 2.75 bits per heavy atom. The fourth-order valence-electron chi connectivity index (χ4n) is 2.35. The first-order valence-electron chi connectivity index (χ1n) is 6.83. The highest BCUT2D eigenvalue weighted by Gasteiger charge is 2.10. The van der Waals surface area contributed by atoms with Crippen LogP contribution in [0.15, 0.2) is 12.2 Å². The molecule has 0 saturated heterocycles. The summed E-state index contributed by atoms with van der Waals surface area (Å²) in [6.45, 7) is 11.4. The van der Waals surface area contributed by atoms with E-state index in [2.05, 4.69) is 43.1 Å². The highest BCUT2D eigenvalue weighted by molar-refractivity contribution is 4.90. The molecule has 0 spiro atoms. The third kappa shape index (κ3) is 5.13. The average molecular weight is 224 g/mol. The Kier molecular flexibility index (Phi) is 6.74. The van der Waals surface area contributed by atoms with Crippen LogP contribution in [0.2, 0.25) is 0 Å². The van der Waals surface area contributed by atoms with Crippen molar-refractivity contribution in [3.8, 4) is 0 Å². The Bertz CT molecular complexity index is 199. The third-order valence-electron chi connectivity index (χ3n) is 3.52. The van der Waals surface area contributed by atoms with Gasteiger partial charge in [-0.15, -0.1) is 0 Å². The van der Waals surface area contributed by atoms with E-state index >= 15 is 0 Å². The van der Waals surface area contributed by atoms with Crippen LogP contribution in [-0.4, -0.2) is 37.1 Å². The van der Waals surface area contributed by atoms with E-state index < -0.39 is 0 Å². The van der Waals surface area contributed by atoms with Crippen molar-refractivity contribution >= 4 is 0 Å². The third-order valence-corrected chi connectivity index (χ3v) is 3.52. The van der Waals surface area contributed by atoms with Gasteiger partial charge in [-0.1, -0.05) is 19.1 Å². The van der Waals surface area contributed by atoms with Crippen molar-refractivity contribution in [1.29, 1.82) is 0 Å². The van der Waals surface area contributed by atoms with Gasteiger partial charge in [-0.25, -0.2) is 0 Å². The topological polar surface area (TPSA) is 15.3 Å². The van der Waals surface area contributed by atoms with E-state index in [-0.39, 0.29) is 0 Å². The molecule has 0 aliphatic heterocycles. The van der Waals surface area contributed by atoms with Crippen LogP contribution >= 0.6 is 0 Å². The van der Waals surface area contributed by atoms with Crippen molar-refractivity contribution in [2.75, 3.05) is 26.2 Å². The lowest BCUT2D eigenvalue weighted by atomic mass is 9.94. The lowest BCUT2D eigenvalue weighted by molar-refractivity contribution is 0.232. The Morgan fingerprint density at radius 1 is 1.38 bits per heavy atom. The van der Waals surface area contributed by atoms with Crippen LogP contribution in [-0.2, 0) is 0 Å². The smallest absolute Gasteiger partial charge is 0.0109 e. The summed E-state index contributed by atoms with van der Waals surface area (Å²) < 4.78 is 0. The van der Waals surface area contributed by atoms with Crippen molar-refractivity contribution in [2.45, 2.75) is 46.1 Å².